The molecule has 36 heavy (non-hydrogen) atoms. The summed E-state index contributed by atoms with van der Waals surface area (Å²) >= 11 is 5.76. The van der Waals surface area contributed by atoms with Gasteiger partial charge in [0.2, 0.25) is 0 Å². The molecule has 0 radical (unpaired) electrons. The molecule has 0 N–H and O–H groups in total. The van der Waals surface area contributed by atoms with Crippen LogP contribution >= 0.6 is 11.6 Å². The van der Waals surface area contributed by atoms with Crippen molar-refractivity contribution in [2.24, 2.45) is 11.8 Å². The van der Waals surface area contributed by atoms with Gasteiger partial charge in [0.15, 0.2) is 0 Å². The lowest BCUT2D eigenvalue weighted by molar-refractivity contribution is 0.590. The summed E-state index contributed by atoms with van der Waals surface area (Å²) in [6.45, 7) is 37.8. The van der Waals surface area contributed by atoms with Crippen LogP contribution in [0.15, 0.2) is 103 Å². The monoisotopic (exact) mass is 510 g/mol. The molecular formula is C35H55Cl. The minimum Gasteiger partial charge on any atom is -0.103 e. The molecule has 1 aromatic rings. The third-order valence-corrected chi connectivity index (χ3v) is 5.26. The van der Waals surface area contributed by atoms with Crippen molar-refractivity contribution in [1.82, 2.24) is 0 Å². The van der Waals surface area contributed by atoms with Crippen molar-refractivity contribution >= 4 is 17.2 Å². The van der Waals surface area contributed by atoms with Gasteiger partial charge in [-0.3, -0.25) is 0 Å². The Bertz CT molecular complexity index is 849. The van der Waals surface area contributed by atoms with Crippen LogP contribution in [0.4, 0.5) is 0 Å². The normalized spacial score (nSPS) is 13.8. The highest BCUT2D eigenvalue weighted by Crippen LogP contribution is 2.23. The van der Waals surface area contributed by atoms with E-state index in [1.807, 2.05) is 33.8 Å². The molecule has 2 rings (SSSR count). The van der Waals surface area contributed by atoms with Crippen LogP contribution in [0.2, 0.25) is 0 Å². The summed E-state index contributed by atoms with van der Waals surface area (Å²) in [5, 5.41) is 0.624. The summed E-state index contributed by atoms with van der Waals surface area (Å²) in [4.78, 5) is 0. The first-order valence-electron chi connectivity index (χ1n) is 13.1. The third kappa shape index (κ3) is 19.9. The van der Waals surface area contributed by atoms with Gasteiger partial charge in [-0.2, -0.15) is 0 Å². The Kier molecular flexibility index (Phi) is 23.3. The van der Waals surface area contributed by atoms with E-state index in [9.17, 15) is 0 Å². The van der Waals surface area contributed by atoms with Gasteiger partial charge in [-0.15, -0.1) is 6.58 Å². The molecule has 0 aliphatic heterocycles. The summed E-state index contributed by atoms with van der Waals surface area (Å²) in [5.41, 5.74) is 6.52. The van der Waals surface area contributed by atoms with E-state index >= 15 is 0 Å². The highest BCUT2D eigenvalue weighted by Gasteiger charge is 2.12. The van der Waals surface area contributed by atoms with Gasteiger partial charge in [-0.1, -0.05) is 159 Å². The second kappa shape index (κ2) is 21.9. The van der Waals surface area contributed by atoms with Crippen LogP contribution in [0.25, 0.3) is 5.57 Å². The summed E-state index contributed by atoms with van der Waals surface area (Å²) in [5.74, 6) is 1.30. The van der Waals surface area contributed by atoms with Crippen LogP contribution in [-0.4, -0.2) is 0 Å². The fraction of sp³-hybridized carbons (Fsp3) is 0.429. The van der Waals surface area contributed by atoms with Crippen LogP contribution < -0.4 is 0 Å². The molecular weight excluding hydrogens is 456 g/mol. The summed E-state index contributed by atoms with van der Waals surface area (Å²) < 4.78 is 0. The van der Waals surface area contributed by atoms with Gasteiger partial charge in [0.1, 0.15) is 0 Å². The van der Waals surface area contributed by atoms with Crippen molar-refractivity contribution in [2.75, 3.05) is 0 Å². The topological polar surface area (TPSA) is 0 Å². The van der Waals surface area contributed by atoms with Crippen LogP contribution in [0.5, 0.6) is 0 Å². The molecule has 1 aromatic carbocycles. The van der Waals surface area contributed by atoms with Gasteiger partial charge < -0.3 is 0 Å². The van der Waals surface area contributed by atoms with E-state index in [4.69, 9.17) is 11.6 Å². The van der Waals surface area contributed by atoms with Gasteiger partial charge in [0.25, 0.3) is 0 Å². The predicted molar refractivity (Wildman–Crippen MR) is 172 cm³/mol. The van der Waals surface area contributed by atoms with Gasteiger partial charge >= 0.3 is 0 Å². The van der Waals surface area contributed by atoms with Gasteiger partial charge in [0, 0.05) is 5.03 Å². The van der Waals surface area contributed by atoms with Crippen molar-refractivity contribution in [3.63, 3.8) is 0 Å². The highest BCUT2D eigenvalue weighted by molar-refractivity contribution is 6.31. The Hall–Kier alpha value is -2.31. The number of rotatable bonds is 5. The lowest BCUT2D eigenvalue weighted by Crippen LogP contribution is -2.10. The average Bonchev–Trinajstić information content (AvgIpc) is 3.18. The Morgan fingerprint density at radius 3 is 1.75 bits per heavy atom. The van der Waals surface area contributed by atoms with Gasteiger partial charge in [-0.05, 0) is 61.1 Å². The maximum Gasteiger partial charge on any atom is 0.0366 e. The van der Waals surface area contributed by atoms with E-state index in [-0.39, 0.29) is 5.41 Å². The van der Waals surface area contributed by atoms with E-state index in [1.54, 1.807) is 12.2 Å². The van der Waals surface area contributed by atoms with Crippen LogP contribution in [0, 0.1) is 11.8 Å². The molecule has 202 valence electrons. The lowest BCUT2D eigenvalue weighted by Gasteiger charge is -2.19. The van der Waals surface area contributed by atoms with E-state index in [0.29, 0.717) is 16.9 Å². The summed E-state index contributed by atoms with van der Waals surface area (Å²) in [6, 6.07) is 8.65. The molecule has 0 fully saturated rings. The first-order chi connectivity index (χ1) is 16.7. The molecule has 0 heterocycles. The number of hydrogen-bond acceptors (Lipinski definition) is 0. The number of hydrogen-bond donors (Lipinski definition) is 0. The molecule has 1 heteroatoms. The third-order valence-electron chi connectivity index (χ3n) is 5.02. The first-order valence-corrected chi connectivity index (χ1v) is 13.4. The zero-order valence-corrected chi connectivity index (χ0v) is 26.1. The van der Waals surface area contributed by atoms with E-state index in [2.05, 4.69) is 117 Å². The number of allylic oxidation sites excluding steroid dienone is 10. The minimum absolute atomic E-state index is 0.244. The molecule has 1 atom stereocenters. The van der Waals surface area contributed by atoms with Crippen LogP contribution in [-0.2, 0) is 5.41 Å². The van der Waals surface area contributed by atoms with Crippen LogP contribution in [0.1, 0.15) is 93.7 Å². The van der Waals surface area contributed by atoms with Crippen molar-refractivity contribution in [3.05, 3.63) is 114 Å². The SMILES string of the molecule is C=C(C)c1ccc(C(C)(C)C)cc1.C=C/C=C(/CC(C)C)C(=C)Cl.C=CC.CC.CC1=CC=CC1C. The molecule has 0 aromatic heterocycles. The second-order valence-electron chi connectivity index (χ2n) is 10.0. The smallest absolute Gasteiger partial charge is 0.0366 e. The van der Waals surface area contributed by atoms with Crippen molar-refractivity contribution < 1.29 is 0 Å². The summed E-state index contributed by atoms with van der Waals surface area (Å²) in [6.07, 6.45) is 12.8. The van der Waals surface area contributed by atoms with E-state index in [0.717, 1.165) is 17.6 Å². The van der Waals surface area contributed by atoms with Crippen LogP contribution in [0.3, 0.4) is 0 Å². The number of benzene rings is 1. The lowest BCUT2D eigenvalue weighted by atomic mass is 9.86. The molecule has 0 bridgehead atoms. The Morgan fingerprint density at radius 2 is 1.53 bits per heavy atom. The molecule has 0 amide bonds. The van der Waals surface area contributed by atoms with E-state index < -0.39 is 0 Å². The molecule has 1 aliphatic carbocycles. The fourth-order valence-corrected chi connectivity index (χ4v) is 2.92. The average molecular weight is 511 g/mol. The maximum absolute atomic E-state index is 5.76. The highest BCUT2D eigenvalue weighted by atomic mass is 35.5. The van der Waals surface area contributed by atoms with Gasteiger partial charge in [-0.25, -0.2) is 0 Å². The quantitative estimate of drug-likeness (QED) is 0.273. The Labute approximate surface area is 231 Å². The predicted octanol–water partition coefficient (Wildman–Crippen LogP) is 12.3. The zero-order valence-electron chi connectivity index (χ0n) is 25.3. The van der Waals surface area contributed by atoms with Gasteiger partial charge in [0.05, 0.1) is 0 Å². The van der Waals surface area contributed by atoms with Crippen molar-refractivity contribution in [1.29, 1.82) is 0 Å². The molecule has 1 unspecified atom stereocenters. The molecule has 1 aliphatic rings. The standard InChI is InChI=1S/C13H18.C10H15Cl.C7H10.C3H6.C2H6/c1-10(2)11-6-8-12(9-7-11)13(3,4)5;1-5-6-10(9(4)11)7-8(2)3;1-6-4-3-5-7(6)2;1-3-2;1-2/h6-9H,1H2,2-5H3;5-6,8H,1,4,7H2,2-3H3;3-6H,1-2H3;3H,1H2,2H3;1-2H3/b;10-6-;;;. The zero-order chi connectivity index (χ0) is 28.9. The maximum atomic E-state index is 5.76. The Balaban J connectivity index is -0.000000428. The van der Waals surface area contributed by atoms with E-state index in [1.165, 1.54) is 16.7 Å². The fourth-order valence-electron chi connectivity index (χ4n) is 2.78. The molecule has 0 spiro atoms. The molecule has 0 nitrogen and oxygen atoms in total. The second-order valence-corrected chi connectivity index (χ2v) is 10.5. The summed E-state index contributed by atoms with van der Waals surface area (Å²) in [7, 11) is 0. The largest absolute Gasteiger partial charge is 0.103 e. The minimum atomic E-state index is 0.244. The first kappa shape index (κ1) is 38.2. The Morgan fingerprint density at radius 1 is 1.06 bits per heavy atom. The molecule has 0 saturated heterocycles. The number of halogens is 1. The van der Waals surface area contributed by atoms with Crippen molar-refractivity contribution in [3.8, 4) is 0 Å². The van der Waals surface area contributed by atoms with Crippen molar-refractivity contribution in [2.45, 2.75) is 88.0 Å². The molecule has 0 saturated carbocycles.